The van der Waals surface area contributed by atoms with Crippen LogP contribution in [0.1, 0.15) is 39.0 Å². The van der Waals surface area contributed by atoms with E-state index < -0.39 is 0 Å². The Balaban J connectivity index is 1.72. The van der Waals surface area contributed by atoms with Crippen LogP contribution in [0.25, 0.3) is 0 Å². The zero-order valence-corrected chi connectivity index (χ0v) is 11.3. The molecule has 1 aliphatic rings. The Morgan fingerprint density at radius 1 is 1.39 bits per heavy atom. The summed E-state index contributed by atoms with van der Waals surface area (Å²) in [5.74, 6) is 0.726. The topological polar surface area (TPSA) is 50.1 Å². The number of rotatable bonds is 5. The van der Waals surface area contributed by atoms with E-state index in [1.165, 1.54) is 32.1 Å². The maximum Gasteiger partial charge on any atom is 0.0860 e. The van der Waals surface area contributed by atoms with Crippen molar-refractivity contribution in [3.05, 3.63) is 18.5 Å². The minimum atomic E-state index is -0.361. The van der Waals surface area contributed by atoms with Crippen molar-refractivity contribution in [3.8, 4) is 0 Å². The molecule has 4 heteroatoms. The first kappa shape index (κ1) is 13.6. The lowest BCUT2D eigenvalue weighted by Crippen LogP contribution is -2.40. The Hall–Kier alpha value is -0.870. The summed E-state index contributed by atoms with van der Waals surface area (Å²) >= 11 is 0. The maximum absolute atomic E-state index is 9.98. The number of aliphatic hydroxyl groups is 1. The maximum atomic E-state index is 9.98. The van der Waals surface area contributed by atoms with E-state index in [1.807, 2.05) is 12.3 Å². The van der Waals surface area contributed by atoms with Crippen LogP contribution >= 0.6 is 0 Å². The third kappa shape index (κ3) is 4.10. The fourth-order valence-electron chi connectivity index (χ4n) is 2.77. The molecule has 4 nitrogen and oxygen atoms in total. The van der Waals surface area contributed by atoms with Gasteiger partial charge in [0, 0.05) is 25.0 Å². The highest BCUT2D eigenvalue weighted by Crippen LogP contribution is 2.22. The van der Waals surface area contributed by atoms with E-state index >= 15 is 0 Å². The van der Waals surface area contributed by atoms with Crippen molar-refractivity contribution in [3.63, 3.8) is 0 Å². The Morgan fingerprint density at radius 3 is 3.00 bits per heavy atom. The molecule has 1 fully saturated rings. The molecule has 1 aromatic heterocycles. The van der Waals surface area contributed by atoms with Crippen molar-refractivity contribution in [1.82, 2.24) is 15.1 Å². The molecule has 0 bridgehead atoms. The predicted octanol–water partition coefficient (Wildman–Crippen LogP) is 1.80. The molecule has 1 heterocycles. The molecule has 1 aliphatic carbocycles. The van der Waals surface area contributed by atoms with Crippen LogP contribution < -0.4 is 5.32 Å². The second-order valence-corrected chi connectivity index (χ2v) is 5.51. The van der Waals surface area contributed by atoms with Gasteiger partial charge in [0.2, 0.25) is 0 Å². The van der Waals surface area contributed by atoms with E-state index in [0.29, 0.717) is 19.1 Å². The quantitative estimate of drug-likeness (QED) is 0.785. The van der Waals surface area contributed by atoms with Crippen molar-refractivity contribution >= 4 is 0 Å². The van der Waals surface area contributed by atoms with E-state index in [4.69, 9.17) is 0 Å². The van der Waals surface area contributed by atoms with Crippen LogP contribution in [0.15, 0.2) is 18.5 Å². The predicted molar refractivity (Wildman–Crippen MR) is 72.3 cm³/mol. The number of nitrogens with one attached hydrogen (secondary N) is 1. The van der Waals surface area contributed by atoms with Crippen LogP contribution in [0, 0.1) is 5.92 Å². The second kappa shape index (κ2) is 6.90. The van der Waals surface area contributed by atoms with Gasteiger partial charge in [-0.3, -0.25) is 4.68 Å². The number of aliphatic hydroxyl groups excluding tert-OH is 1. The van der Waals surface area contributed by atoms with E-state index in [2.05, 4.69) is 17.3 Å². The molecule has 2 N–H and O–H groups in total. The van der Waals surface area contributed by atoms with Crippen LogP contribution in [0.5, 0.6) is 0 Å². The largest absolute Gasteiger partial charge is 0.390 e. The fraction of sp³-hybridized carbons (Fsp3) is 0.786. The molecule has 18 heavy (non-hydrogen) atoms. The summed E-state index contributed by atoms with van der Waals surface area (Å²) in [5, 5.41) is 17.6. The monoisotopic (exact) mass is 251 g/mol. The van der Waals surface area contributed by atoms with Gasteiger partial charge in [-0.1, -0.05) is 26.2 Å². The highest BCUT2D eigenvalue weighted by Gasteiger charge is 2.20. The standard InChI is InChI=1S/C14H25N3O/c1-12-6-3-2-4-7-14(12)15-10-13(18)11-17-9-5-8-16-17/h5,8-9,12-15,18H,2-4,6-7,10-11H2,1H3. The summed E-state index contributed by atoms with van der Waals surface area (Å²) in [4.78, 5) is 0. The molecular formula is C14H25N3O. The number of nitrogens with zero attached hydrogens (tertiary/aromatic N) is 2. The SMILES string of the molecule is CC1CCCCCC1NCC(O)Cn1cccn1. The Kier molecular flexibility index (Phi) is 5.20. The number of aromatic nitrogens is 2. The van der Waals surface area contributed by atoms with Crippen molar-refractivity contribution in [2.45, 2.75) is 57.7 Å². The van der Waals surface area contributed by atoms with Crippen LogP contribution in [0.4, 0.5) is 0 Å². The minimum Gasteiger partial charge on any atom is -0.390 e. The van der Waals surface area contributed by atoms with Crippen LogP contribution in [0.3, 0.4) is 0 Å². The van der Waals surface area contributed by atoms with Gasteiger partial charge in [-0.25, -0.2) is 0 Å². The average molecular weight is 251 g/mol. The third-order valence-corrected chi connectivity index (χ3v) is 3.93. The molecule has 0 saturated heterocycles. The summed E-state index contributed by atoms with van der Waals surface area (Å²) in [6.45, 7) is 3.55. The first-order chi connectivity index (χ1) is 8.75. The van der Waals surface area contributed by atoms with E-state index in [1.54, 1.807) is 10.9 Å². The van der Waals surface area contributed by atoms with Crippen molar-refractivity contribution in [1.29, 1.82) is 0 Å². The molecule has 2 rings (SSSR count). The fourth-order valence-corrected chi connectivity index (χ4v) is 2.77. The Labute approximate surface area is 109 Å². The first-order valence-corrected chi connectivity index (χ1v) is 7.14. The van der Waals surface area contributed by atoms with Crippen LogP contribution in [-0.4, -0.2) is 33.6 Å². The zero-order valence-electron chi connectivity index (χ0n) is 11.3. The zero-order chi connectivity index (χ0) is 12.8. The molecule has 0 radical (unpaired) electrons. The van der Waals surface area contributed by atoms with Crippen molar-refractivity contribution < 1.29 is 5.11 Å². The van der Waals surface area contributed by atoms with Gasteiger partial charge in [0.05, 0.1) is 12.6 Å². The normalized spacial score (nSPS) is 26.8. The molecule has 0 spiro atoms. The summed E-state index contributed by atoms with van der Waals surface area (Å²) in [6.07, 6.45) is 9.86. The number of hydrogen-bond donors (Lipinski definition) is 2. The molecule has 1 aromatic rings. The highest BCUT2D eigenvalue weighted by molar-refractivity contribution is 4.80. The van der Waals surface area contributed by atoms with E-state index in [0.717, 1.165) is 5.92 Å². The van der Waals surface area contributed by atoms with Crippen LogP contribution in [0.2, 0.25) is 0 Å². The van der Waals surface area contributed by atoms with Crippen LogP contribution in [-0.2, 0) is 6.54 Å². The van der Waals surface area contributed by atoms with Gasteiger partial charge in [-0.15, -0.1) is 0 Å². The molecule has 0 amide bonds. The lowest BCUT2D eigenvalue weighted by Gasteiger charge is -2.24. The second-order valence-electron chi connectivity index (χ2n) is 5.51. The van der Waals surface area contributed by atoms with Gasteiger partial charge in [-0.05, 0) is 24.8 Å². The molecular weight excluding hydrogens is 226 g/mol. The van der Waals surface area contributed by atoms with E-state index in [9.17, 15) is 5.11 Å². The smallest absolute Gasteiger partial charge is 0.0860 e. The molecule has 1 saturated carbocycles. The summed E-state index contributed by atoms with van der Waals surface area (Å²) < 4.78 is 1.78. The van der Waals surface area contributed by atoms with Crippen molar-refractivity contribution in [2.75, 3.05) is 6.54 Å². The molecule has 3 unspecified atom stereocenters. The molecule has 0 aromatic carbocycles. The molecule has 3 atom stereocenters. The Bertz CT molecular complexity index is 326. The summed E-state index contributed by atoms with van der Waals surface area (Å²) in [6, 6.07) is 2.45. The third-order valence-electron chi connectivity index (χ3n) is 3.93. The lowest BCUT2D eigenvalue weighted by molar-refractivity contribution is 0.138. The van der Waals surface area contributed by atoms with Gasteiger partial charge in [-0.2, -0.15) is 5.10 Å². The average Bonchev–Trinajstić information content (AvgIpc) is 2.76. The summed E-state index contributed by atoms with van der Waals surface area (Å²) in [5.41, 5.74) is 0. The highest BCUT2D eigenvalue weighted by atomic mass is 16.3. The molecule has 102 valence electrons. The van der Waals surface area contributed by atoms with Gasteiger partial charge < -0.3 is 10.4 Å². The number of hydrogen-bond acceptors (Lipinski definition) is 3. The van der Waals surface area contributed by atoms with Gasteiger partial charge >= 0.3 is 0 Å². The van der Waals surface area contributed by atoms with E-state index in [-0.39, 0.29) is 6.10 Å². The first-order valence-electron chi connectivity index (χ1n) is 7.14. The molecule has 0 aliphatic heterocycles. The van der Waals surface area contributed by atoms with Gasteiger partial charge in [0.1, 0.15) is 0 Å². The van der Waals surface area contributed by atoms with Gasteiger partial charge in [0.25, 0.3) is 0 Å². The Morgan fingerprint density at radius 2 is 2.22 bits per heavy atom. The van der Waals surface area contributed by atoms with Crippen molar-refractivity contribution in [2.24, 2.45) is 5.92 Å². The van der Waals surface area contributed by atoms with Gasteiger partial charge in [0.15, 0.2) is 0 Å². The minimum absolute atomic E-state index is 0.361. The summed E-state index contributed by atoms with van der Waals surface area (Å²) in [7, 11) is 0. The lowest BCUT2D eigenvalue weighted by atomic mass is 9.97.